The van der Waals surface area contributed by atoms with Crippen LogP contribution in [0.4, 0.5) is 0 Å². The zero-order valence-electron chi connectivity index (χ0n) is 12.8. The summed E-state index contributed by atoms with van der Waals surface area (Å²) in [6.07, 6.45) is 0.818. The standard InChI is InChI=1S/C16H20N4O2/c1-10-4-5-11-12(8-10)19-16(18-11)14-13(21)9-20(15(14)17)6-3-7-22-2/h4-5,8,17,21H,3,6-7,9H2,1-2H3,(H,18,19). The van der Waals surface area contributed by atoms with E-state index in [1.54, 1.807) is 7.11 Å². The second-order valence-corrected chi connectivity index (χ2v) is 5.54. The molecule has 6 nitrogen and oxygen atoms in total. The third-order valence-corrected chi connectivity index (χ3v) is 3.83. The first-order valence-corrected chi connectivity index (χ1v) is 7.32. The second-order valence-electron chi connectivity index (χ2n) is 5.54. The number of nitrogens with zero attached hydrogens (tertiary/aromatic N) is 2. The second kappa shape index (κ2) is 5.81. The Balaban J connectivity index is 1.86. The van der Waals surface area contributed by atoms with Gasteiger partial charge < -0.3 is 19.7 Å². The van der Waals surface area contributed by atoms with Gasteiger partial charge in [-0.3, -0.25) is 5.41 Å². The lowest BCUT2D eigenvalue weighted by atomic mass is 10.2. The summed E-state index contributed by atoms with van der Waals surface area (Å²) in [5.74, 6) is 1.06. The Morgan fingerprint density at radius 2 is 2.27 bits per heavy atom. The van der Waals surface area contributed by atoms with E-state index in [4.69, 9.17) is 10.1 Å². The number of amidine groups is 1. The number of ether oxygens (including phenoxy) is 1. The van der Waals surface area contributed by atoms with Crippen LogP contribution in [0.25, 0.3) is 16.6 Å². The molecular formula is C16H20N4O2. The highest BCUT2D eigenvalue weighted by atomic mass is 16.5. The van der Waals surface area contributed by atoms with Gasteiger partial charge in [0.2, 0.25) is 0 Å². The van der Waals surface area contributed by atoms with Crippen molar-refractivity contribution in [1.29, 1.82) is 5.41 Å². The molecule has 0 saturated carbocycles. The number of benzene rings is 1. The summed E-state index contributed by atoms with van der Waals surface area (Å²) in [5, 5.41) is 18.5. The van der Waals surface area contributed by atoms with Crippen molar-refractivity contribution in [2.45, 2.75) is 13.3 Å². The Kier molecular flexibility index (Phi) is 3.85. The van der Waals surface area contributed by atoms with Crippen molar-refractivity contribution in [2.75, 3.05) is 26.8 Å². The fourth-order valence-electron chi connectivity index (χ4n) is 2.71. The first-order chi connectivity index (χ1) is 10.6. The van der Waals surface area contributed by atoms with Crippen molar-refractivity contribution in [3.05, 3.63) is 35.3 Å². The predicted molar refractivity (Wildman–Crippen MR) is 86.2 cm³/mol. The van der Waals surface area contributed by atoms with Gasteiger partial charge in [0.25, 0.3) is 0 Å². The molecule has 0 atom stereocenters. The summed E-state index contributed by atoms with van der Waals surface area (Å²) in [6.45, 7) is 3.70. The number of hydrogen-bond donors (Lipinski definition) is 3. The van der Waals surface area contributed by atoms with Gasteiger partial charge in [-0.25, -0.2) is 4.98 Å². The summed E-state index contributed by atoms with van der Waals surface area (Å²) in [6, 6.07) is 5.95. The molecule has 0 saturated heterocycles. The SMILES string of the molecule is COCCCN1CC(O)=C(c2nc3ccc(C)cc3[nH]2)C1=N. The molecule has 1 aromatic heterocycles. The minimum atomic E-state index is 0.193. The fourth-order valence-corrected chi connectivity index (χ4v) is 2.71. The van der Waals surface area contributed by atoms with E-state index < -0.39 is 0 Å². The van der Waals surface area contributed by atoms with Crippen molar-refractivity contribution in [3.8, 4) is 0 Å². The fraction of sp³-hybridized carbons (Fsp3) is 0.375. The lowest BCUT2D eigenvalue weighted by molar-refractivity contribution is 0.186. The molecule has 1 aliphatic rings. The van der Waals surface area contributed by atoms with E-state index in [1.165, 1.54) is 0 Å². The number of imidazole rings is 1. The molecule has 6 heteroatoms. The van der Waals surface area contributed by atoms with Crippen LogP contribution in [0, 0.1) is 12.3 Å². The molecule has 2 heterocycles. The van der Waals surface area contributed by atoms with Gasteiger partial charge in [0, 0.05) is 20.3 Å². The van der Waals surface area contributed by atoms with E-state index in [0.717, 1.165) is 23.0 Å². The first kappa shape index (κ1) is 14.6. The van der Waals surface area contributed by atoms with Gasteiger partial charge in [-0.15, -0.1) is 0 Å². The number of nitrogens with one attached hydrogen (secondary N) is 2. The van der Waals surface area contributed by atoms with Crippen LogP contribution in [-0.2, 0) is 4.74 Å². The summed E-state index contributed by atoms with van der Waals surface area (Å²) in [5.41, 5.74) is 3.39. The number of aromatic amines is 1. The van der Waals surface area contributed by atoms with Gasteiger partial charge in [-0.05, 0) is 31.0 Å². The topological polar surface area (TPSA) is 85.2 Å². The van der Waals surface area contributed by atoms with Crippen molar-refractivity contribution in [3.63, 3.8) is 0 Å². The molecule has 0 amide bonds. The van der Waals surface area contributed by atoms with E-state index in [0.29, 0.717) is 36.9 Å². The normalized spacial score (nSPS) is 15.4. The maximum atomic E-state index is 10.2. The monoisotopic (exact) mass is 300 g/mol. The highest BCUT2D eigenvalue weighted by Crippen LogP contribution is 2.27. The number of hydrogen-bond acceptors (Lipinski definition) is 4. The van der Waals surface area contributed by atoms with Crippen LogP contribution in [0.1, 0.15) is 17.8 Å². The van der Waals surface area contributed by atoms with Crippen LogP contribution < -0.4 is 0 Å². The number of aliphatic hydroxyl groups excluding tert-OH is 1. The molecule has 3 N–H and O–H groups in total. The van der Waals surface area contributed by atoms with Crippen LogP contribution >= 0.6 is 0 Å². The minimum absolute atomic E-state index is 0.193. The van der Waals surface area contributed by atoms with Gasteiger partial charge in [-0.1, -0.05) is 6.07 Å². The largest absolute Gasteiger partial charge is 0.510 e. The molecule has 0 unspecified atom stereocenters. The highest BCUT2D eigenvalue weighted by molar-refractivity contribution is 6.23. The summed E-state index contributed by atoms with van der Waals surface area (Å²) in [4.78, 5) is 9.54. The maximum Gasteiger partial charge on any atom is 0.145 e. The average Bonchev–Trinajstić information content (AvgIpc) is 3.00. The summed E-state index contributed by atoms with van der Waals surface area (Å²) in [7, 11) is 1.66. The predicted octanol–water partition coefficient (Wildman–Crippen LogP) is 2.47. The van der Waals surface area contributed by atoms with E-state index >= 15 is 0 Å². The molecule has 22 heavy (non-hydrogen) atoms. The zero-order chi connectivity index (χ0) is 15.7. The van der Waals surface area contributed by atoms with E-state index in [9.17, 15) is 5.11 Å². The Morgan fingerprint density at radius 3 is 3.05 bits per heavy atom. The van der Waals surface area contributed by atoms with E-state index in [2.05, 4.69) is 9.97 Å². The number of aliphatic hydroxyl groups is 1. The van der Waals surface area contributed by atoms with Crippen molar-refractivity contribution in [2.24, 2.45) is 0 Å². The average molecular weight is 300 g/mol. The molecule has 0 radical (unpaired) electrons. The van der Waals surface area contributed by atoms with Crippen molar-refractivity contribution >= 4 is 22.4 Å². The lowest BCUT2D eigenvalue weighted by Gasteiger charge is -2.17. The van der Waals surface area contributed by atoms with Crippen LogP contribution in [0.5, 0.6) is 0 Å². The van der Waals surface area contributed by atoms with Gasteiger partial charge >= 0.3 is 0 Å². The molecule has 116 valence electrons. The molecule has 3 rings (SSSR count). The molecule has 0 aliphatic carbocycles. The summed E-state index contributed by atoms with van der Waals surface area (Å²) < 4.78 is 5.03. The molecule has 0 fully saturated rings. The lowest BCUT2D eigenvalue weighted by Crippen LogP contribution is -2.28. The smallest absolute Gasteiger partial charge is 0.145 e. The Bertz CT molecular complexity index is 748. The number of fused-ring (bicyclic) bond motifs is 1. The molecule has 0 spiro atoms. The number of methoxy groups -OCH3 is 1. The third kappa shape index (κ3) is 2.57. The van der Waals surface area contributed by atoms with Gasteiger partial charge in [0.05, 0.1) is 23.2 Å². The van der Waals surface area contributed by atoms with E-state index in [1.807, 2.05) is 30.0 Å². The van der Waals surface area contributed by atoms with Crippen LogP contribution in [-0.4, -0.2) is 52.6 Å². The number of aryl methyl sites for hydroxylation is 1. The van der Waals surface area contributed by atoms with Crippen LogP contribution in [0.2, 0.25) is 0 Å². The van der Waals surface area contributed by atoms with Crippen LogP contribution in [0.3, 0.4) is 0 Å². The minimum Gasteiger partial charge on any atom is -0.510 e. The molecule has 1 aliphatic heterocycles. The van der Waals surface area contributed by atoms with Gasteiger partial charge in [0.15, 0.2) is 0 Å². The van der Waals surface area contributed by atoms with E-state index in [-0.39, 0.29) is 5.76 Å². The Hall–Kier alpha value is -2.34. The first-order valence-electron chi connectivity index (χ1n) is 7.32. The van der Waals surface area contributed by atoms with Crippen LogP contribution in [0.15, 0.2) is 24.0 Å². The third-order valence-electron chi connectivity index (χ3n) is 3.83. The molecular weight excluding hydrogens is 280 g/mol. The molecule has 2 aromatic rings. The molecule has 1 aromatic carbocycles. The van der Waals surface area contributed by atoms with Gasteiger partial charge in [0.1, 0.15) is 17.4 Å². The van der Waals surface area contributed by atoms with Crippen molar-refractivity contribution < 1.29 is 9.84 Å². The number of aromatic nitrogens is 2. The Morgan fingerprint density at radius 1 is 1.45 bits per heavy atom. The number of rotatable bonds is 5. The number of H-pyrrole nitrogens is 1. The Labute approximate surface area is 128 Å². The summed E-state index contributed by atoms with van der Waals surface area (Å²) >= 11 is 0. The highest BCUT2D eigenvalue weighted by Gasteiger charge is 2.29. The van der Waals surface area contributed by atoms with Crippen molar-refractivity contribution in [1.82, 2.24) is 14.9 Å². The quantitative estimate of drug-likeness (QED) is 0.741. The van der Waals surface area contributed by atoms with Gasteiger partial charge in [-0.2, -0.15) is 0 Å². The maximum absolute atomic E-state index is 10.2. The zero-order valence-corrected chi connectivity index (χ0v) is 12.8. The molecule has 0 bridgehead atoms.